The van der Waals surface area contributed by atoms with Crippen LogP contribution in [0.15, 0.2) is 4.47 Å². The monoisotopic (exact) mass is 346 g/mol. The van der Waals surface area contributed by atoms with E-state index < -0.39 is 0 Å². The molecule has 2 rings (SSSR count). The Labute approximate surface area is 128 Å². The standard InChI is InChI=1S/C13H23BrN4S/c1-4-10-13(14)11(18(3)16-10)7-9(15)12-8-19-6-5-17(12)2/h9,12H,4-8,15H2,1-3H3. The van der Waals surface area contributed by atoms with E-state index in [0.717, 1.165) is 35.3 Å². The summed E-state index contributed by atoms with van der Waals surface area (Å²) in [4.78, 5) is 2.40. The molecule has 2 atom stereocenters. The van der Waals surface area contributed by atoms with Crippen molar-refractivity contribution < 1.29 is 0 Å². The predicted octanol–water partition coefficient (Wildman–Crippen LogP) is 1.66. The van der Waals surface area contributed by atoms with Crippen LogP contribution in [0.4, 0.5) is 0 Å². The second-order valence-corrected chi connectivity index (χ2v) is 7.12. The van der Waals surface area contributed by atoms with Gasteiger partial charge in [0, 0.05) is 43.6 Å². The Bertz CT molecular complexity index is 435. The summed E-state index contributed by atoms with van der Waals surface area (Å²) in [5.74, 6) is 2.35. The molecule has 0 radical (unpaired) electrons. The largest absolute Gasteiger partial charge is 0.326 e. The molecule has 0 aliphatic carbocycles. The van der Waals surface area contributed by atoms with E-state index >= 15 is 0 Å². The first-order valence-electron chi connectivity index (χ1n) is 6.78. The summed E-state index contributed by atoms with van der Waals surface area (Å²) in [5.41, 5.74) is 8.78. The average Bonchev–Trinajstić information content (AvgIpc) is 2.66. The number of nitrogens with zero attached hydrogens (tertiary/aromatic N) is 3. The number of likely N-dealkylation sites (N-methyl/N-ethyl adjacent to an activating group) is 1. The van der Waals surface area contributed by atoms with E-state index in [1.54, 1.807) is 0 Å². The zero-order chi connectivity index (χ0) is 14.0. The zero-order valence-corrected chi connectivity index (χ0v) is 14.3. The van der Waals surface area contributed by atoms with Crippen LogP contribution in [0.25, 0.3) is 0 Å². The van der Waals surface area contributed by atoms with Crippen molar-refractivity contribution in [2.75, 3.05) is 25.1 Å². The Morgan fingerprint density at radius 3 is 2.84 bits per heavy atom. The van der Waals surface area contributed by atoms with Gasteiger partial charge < -0.3 is 10.6 Å². The zero-order valence-electron chi connectivity index (χ0n) is 11.9. The molecule has 1 aliphatic heterocycles. The molecule has 0 saturated carbocycles. The lowest BCUT2D eigenvalue weighted by Crippen LogP contribution is -2.51. The summed E-state index contributed by atoms with van der Waals surface area (Å²) >= 11 is 5.68. The van der Waals surface area contributed by atoms with Crippen molar-refractivity contribution in [3.05, 3.63) is 15.9 Å². The summed E-state index contributed by atoms with van der Waals surface area (Å²) in [6.45, 7) is 3.26. The molecule has 4 nitrogen and oxygen atoms in total. The van der Waals surface area contributed by atoms with Gasteiger partial charge in [0.25, 0.3) is 0 Å². The normalized spacial score (nSPS) is 22.7. The fourth-order valence-corrected chi connectivity index (χ4v) is 4.66. The smallest absolute Gasteiger partial charge is 0.0766 e. The highest BCUT2D eigenvalue weighted by atomic mass is 79.9. The van der Waals surface area contributed by atoms with E-state index in [2.05, 4.69) is 39.9 Å². The van der Waals surface area contributed by atoms with Crippen molar-refractivity contribution in [3.63, 3.8) is 0 Å². The van der Waals surface area contributed by atoms with E-state index in [9.17, 15) is 0 Å². The molecule has 0 aromatic carbocycles. The molecule has 2 N–H and O–H groups in total. The van der Waals surface area contributed by atoms with Crippen LogP contribution in [0.2, 0.25) is 0 Å². The topological polar surface area (TPSA) is 47.1 Å². The maximum Gasteiger partial charge on any atom is 0.0766 e. The van der Waals surface area contributed by atoms with Gasteiger partial charge in [-0.15, -0.1) is 0 Å². The summed E-state index contributed by atoms with van der Waals surface area (Å²) in [7, 11) is 4.19. The quantitative estimate of drug-likeness (QED) is 0.900. The first-order chi connectivity index (χ1) is 9.04. The Hall–Kier alpha value is -0.0400. The Balaban J connectivity index is 2.10. The minimum atomic E-state index is 0.161. The number of aromatic nitrogens is 2. The van der Waals surface area contributed by atoms with Crippen LogP contribution in [0.3, 0.4) is 0 Å². The van der Waals surface area contributed by atoms with Crippen molar-refractivity contribution in [2.45, 2.75) is 31.8 Å². The third kappa shape index (κ3) is 3.35. The van der Waals surface area contributed by atoms with Crippen molar-refractivity contribution in [1.29, 1.82) is 0 Å². The maximum atomic E-state index is 6.44. The number of aryl methyl sites for hydroxylation is 2. The molecule has 2 unspecified atom stereocenters. The molecule has 0 amide bonds. The maximum absolute atomic E-state index is 6.44. The van der Waals surface area contributed by atoms with Crippen molar-refractivity contribution in [3.8, 4) is 0 Å². The van der Waals surface area contributed by atoms with Crippen LogP contribution in [0.5, 0.6) is 0 Å². The molecule has 108 valence electrons. The third-order valence-corrected chi connectivity index (χ3v) is 5.83. The summed E-state index contributed by atoms with van der Waals surface area (Å²) in [6.07, 6.45) is 1.82. The molecule has 0 bridgehead atoms. The number of nitrogens with two attached hydrogens (primary N) is 1. The molecule has 2 heterocycles. The van der Waals surface area contributed by atoms with Gasteiger partial charge >= 0.3 is 0 Å². The van der Waals surface area contributed by atoms with E-state index in [1.165, 1.54) is 11.4 Å². The second-order valence-electron chi connectivity index (χ2n) is 5.18. The van der Waals surface area contributed by atoms with Gasteiger partial charge in [-0.25, -0.2) is 0 Å². The van der Waals surface area contributed by atoms with E-state index in [-0.39, 0.29) is 6.04 Å². The van der Waals surface area contributed by atoms with Crippen LogP contribution in [0.1, 0.15) is 18.3 Å². The third-order valence-electron chi connectivity index (χ3n) is 3.87. The van der Waals surface area contributed by atoms with E-state index in [4.69, 9.17) is 5.73 Å². The van der Waals surface area contributed by atoms with Gasteiger partial charge in [0.05, 0.1) is 15.9 Å². The first-order valence-corrected chi connectivity index (χ1v) is 8.73. The summed E-state index contributed by atoms with van der Waals surface area (Å²) in [6, 6.07) is 0.625. The summed E-state index contributed by atoms with van der Waals surface area (Å²) < 4.78 is 3.11. The van der Waals surface area contributed by atoms with Crippen LogP contribution < -0.4 is 5.73 Å². The van der Waals surface area contributed by atoms with Gasteiger partial charge in [-0.05, 0) is 29.4 Å². The van der Waals surface area contributed by atoms with Gasteiger partial charge in [0.1, 0.15) is 0 Å². The highest BCUT2D eigenvalue weighted by Gasteiger charge is 2.27. The summed E-state index contributed by atoms with van der Waals surface area (Å²) in [5, 5.41) is 4.54. The minimum absolute atomic E-state index is 0.161. The molecule has 0 spiro atoms. The number of hydrogen-bond acceptors (Lipinski definition) is 4. The van der Waals surface area contributed by atoms with E-state index in [1.807, 2.05) is 23.5 Å². The Morgan fingerprint density at radius 2 is 2.26 bits per heavy atom. The molecular formula is C13H23BrN4S. The number of hydrogen-bond donors (Lipinski definition) is 1. The second kappa shape index (κ2) is 6.61. The Morgan fingerprint density at radius 1 is 1.53 bits per heavy atom. The van der Waals surface area contributed by atoms with Gasteiger partial charge in [0.2, 0.25) is 0 Å². The van der Waals surface area contributed by atoms with Crippen molar-refractivity contribution in [2.24, 2.45) is 12.8 Å². The van der Waals surface area contributed by atoms with Crippen LogP contribution in [0, 0.1) is 0 Å². The predicted molar refractivity (Wildman–Crippen MR) is 85.7 cm³/mol. The first kappa shape index (κ1) is 15.4. The fourth-order valence-electron chi connectivity index (χ4n) is 2.56. The lowest BCUT2D eigenvalue weighted by molar-refractivity contribution is 0.234. The molecule has 1 saturated heterocycles. The average molecular weight is 347 g/mol. The molecule has 1 aromatic heterocycles. The van der Waals surface area contributed by atoms with Gasteiger partial charge in [-0.1, -0.05) is 6.92 Å². The van der Waals surface area contributed by atoms with Gasteiger partial charge in [0.15, 0.2) is 0 Å². The van der Waals surface area contributed by atoms with Gasteiger partial charge in [-0.3, -0.25) is 4.68 Å². The minimum Gasteiger partial charge on any atom is -0.326 e. The highest BCUT2D eigenvalue weighted by molar-refractivity contribution is 9.10. The fraction of sp³-hybridized carbons (Fsp3) is 0.769. The van der Waals surface area contributed by atoms with Crippen molar-refractivity contribution >= 4 is 27.7 Å². The molecule has 1 aromatic rings. The Kier molecular flexibility index (Phi) is 5.34. The van der Waals surface area contributed by atoms with Crippen molar-refractivity contribution in [1.82, 2.24) is 14.7 Å². The highest BCUT2D eigenvalue weighted by Crippen LogP contribution is 2.25. The van der Waals surface area contributed by atoms with Gasteiger partial charge in [-0.2, -0.15) is 16.9 Å². The lowest BCUT2D eigenvalue weighted by atomic mass is 10.0. The SMILES string of the molecule is CCc1nn(C)c(CC(N)C2CSCCN2C)c1Br. The number of thioether (sulfide) groups is 1. The molecule has 1 fully saturated rings. The van der Waals surface area contributed by atoms with E-state index in [0.29, 0.717) is 6.04 Å². The number of halogens is 1. The molecular weight excluding hydrogens is 324 g/mol. The molecule has 1 aliphatic rings. The number of rotatable bonds is 4. The van der Waals surface area contributed by atoms with Crippen LogP contribution >= 0.6 is 27.7 Å². The van der Waals surface area contributed by atoms with Crippen LogP contribution in [-0.2, 0) is 19.9 Å². The lowest BCUT2D eigenvalue weighted by Gasteiger charge is -2.36. The molecule has 19 heavy (non-hydrogen) atoms. The van der Waals surface area contributed by atoms with Crippen LogP contribution in [-0.4, -0.2) is 51.9 Å². The molecule has 6 heteroatoms.